The number of aromatic nitrogens is 1. The van der Waals surface area contributed by atoms with Gasteiger partial charge < -0.3 is 0 Å². The molecule has 0 unspecified atom stereocenters. The minimum Gasteiger partial charge on any atom is -0.296 e. The Morgan fingerprint density at radius 3 is 2.54 bits per heavy atom. The molecule has 1 saturated heterocycles. The quantitative estimate of drug-likeness (QED) is 0.817. The number of nitrogens with zero attached hydrogens (tertiary/aromatic N) is 3. The molecule has 3 rings (SSSR count). The van der Waals surface area contributed by atoms with Crippen LogP contribution in [0.2, 0.25) is 0 Å². The average molecular weight is 366 g/mol. The first-order valence-electron chi connectivity index (χ1n) is 8.20. The molecular weight excluding hydrogens is 342 g/mol. The van der Waals surface area contributed by atoms with Crippen LogP contribution in [-0.4, -0.2) is 54.5 Å². The summed E-state index contributed by atoms with van der Waals surface area (Å²) in [5.74, 6) is 0.182. The second-order valence-electron chi connectivity index (χ2n) is 6.02. The van der Waals surface area contributed by atoms with Gasteiger partial charge in [0.05, 0.1) is 5.75 Å². The number of hydrogen-bond donors (Lipinski definition) is 0. The van der Waals surface area contributed by atoms with Gasteiger partial charge in [-0.1, -0.05) is 24.3 Å². The van der Waals surface area contributed by atoms with Gasteiger partial charge >= 0.3 is 0 Å². The molecule has 2 aromatic rings. The summed E-state index contributed by atoms with van der Waals surface area (Å²) in [7, 11) is -3.06. The van der Waals surface area contributed by atoms with Crippen molar-refractivity contribution in [2.45, 2.75) is 20.4 Å². The maximum Gasteiger partial charge on any atom is 0.213 e. The van der Waals surface area contributed by atoms with E-state index in [-0.39, 0.29) is 5.75 Å². The third kappa shape index (κ3) is 3.85. The van der Waals surface area contributed by atoms with Gasteiger partial charge in [-0.2, -0.15) is 4.31 Å². The SMILES string of the molecule is CCS(=O)(=O)N1CCN(Cc2cnc(-c3ccccc3C)s2)CC1. The van der Waals surface area contributed by atoms with E-state index >= 15 is 0 Å². The van der Waals surface area contributed by atoms with Crippen molar-refractivity contribution >= 4 is 21.4 Å². The van der Waals surface area contributed by atoms with E-state index in [9.17, 15) is 8.42 Å². The van der Waals surface area contributed by atoms with Gasteiger partial charge in [-0.15, -0.1) is 11.3 Å². The fourth-order valence-corrected chi connectivity index (χ4v) is 5.02. The Balaban J connectivity index is 1.62. The molecule has 5 nitrogen and oxygen atoms in total. The van der Waals surface area contributed by atoms with Crippen molar-refractivity contribution in [3.8, 4) is 10.6 Å². The number of benzene rings is 1. The molecule has 1 aliphatic rings. The van der Waals surface area contributed by atoms with E-state index in [1.165, 1.54) is 16.0 Å². The van der Waals surface area contributed by atoms with Gasteiger partial charge in [-0.25, -0.2) is 13.4 Å². The van der Waals surface area contributed by atoms with Crippen LogP contribution in [0.3, 0.4) is 0 Å². The van der Waals surface area contributed by atoms with Crippen LogP contribution >= 0.6 is 11.3 Å². The zero-order chi connectivity index (χ0) is 17.2. The molecule has 0 radical (unpaired) electrons. The van der Waals surface area contributed by atoms with Crippen molar-refractivity contribution in [3.05, 3.63) is 40.9 Å². The van der Waals surface area contributed by atoms with Gasteiger partial charge in [-0.05, 0) is 19.4 Å². The Morgan fingerprint density at radius 1 is 1.17 bits per heavy atom. The smallest absolute Gasteiger partial charge is 0.213 e. The van der Waals surface area contributed by atoms with Crippen LogP contribution in [-0.2, 0) is 16.6 Å². The van der Waals surface area contributed by atoms with E-state index in [0.717, 1.165) is 24.6 Å². The first-order chi connectivity index (χ1) is 11.5. The minimum atomic E-state index is -3.06. The fraction of sp³-hybridized carbons (Fsp3) is 0.471. The normalized spacial score (nSPS) is 17.2. The number of hydrogen-bond acceptors (Lipinski definition) is 5. The van der Waals surface area contributed by atoms with Crippen molar-refractivity contribution in [2.75, 3.05) is 31.9 Å². The zero-order valence-electron chi connectivity index (χ0n) is 14.1. The Morgan fingerprint density at radius 2 is 1.88 bits per heavy atom. The lowest BCUT2D eigenvalue weighted by Crippen LogP contribution is -2.48. The average Bonchev–Trinajstić information content (AvgIpc) is 3.04. The molecule has 0 atom stereocenters. The Bertz CT molecular complexity index is 794. The molecule has 1 aliphatic heterocycles. The zero-order valence-corrected chi connectivity index (χ0v) is 15.7. The van der Waals surface area contributed by atoms with Crippen molar-refractivity contribution in [2.24, 2.45) is 0 Å². The molecule has 7 heteroatoms. The van der Waals surface area contributed by atoms with E-state index in [2.05, 4.69) is 28.9 Å². The maximum absolute atomic E-state index is 11.9. The topological polar surface area (TPSA) is 53.5 Å². The maximum atomic E-state index is 11.9. The summed E-state index contributed by atoms with van der Waals surface area (Å²) in [6, 6.07) is 8.28. The Hall–Kier alpha value is -1.28. The summed E-state index contributed by atoms with van der Waals surface area (Å²) in [6.07, 6.45) is 1.95. The number of piperazine rings is 1. The van der Waals surface area contributed by atoms with Gasteiger partial charge in [0, 0.05) is 49.4 Å². The van der Waals surface area contributed by atoms with Crippen LogP contribution in [0.5, 0.6) is 0 Å². The first kappa shape index (κ1) is 17.5. The highest BCUT2D eigenvalue weighted by Gasteiger charge is 2.25. The summed E-state index contributed by atoms with van der Waals surface area (Å²) >= 11 is 1.72. The van der Waals surface area contributed by atoms with Crippen LogP contribution in [0.1, 0.15) is 17.4 Å². The molecular formula is C17H23N3O2S2. The first-order valence-corrected chi connectivity index (χ1v) is 10.6. The van der Waals surface area contributed by atoms with Crippen LogP contribution in [0.4, 0.5) is 0 Å². The van der Waals surface area contributed by atoms with Crippen LogP contribution < -0.4 is 0 Å². The van der Waals surface area contributed by atoms with E-state index < -0.39 is 10.0 Å². The van der Waals surface area contributed by atoms with E-state index in [4.69, 9.17) is 0 Å². The minimum absolute atomic E-state index is 0.182. The van der Waals surface area contributed by atoms with Gasteiger partial charge in [0.2, 0.25) is 10.0 Å². The van der Waals surface area contributed by atoms with Crippen molar-refractivity contribution in [1.29, 1.82) is 0 Å². The molecule has 2 heterocycles. The van der Waals surface area contributed by atoms with Crippen LogP contribution in [0, 0.1) is 6.92 Å². The second-order valence-corrected chi connectivity index (χ2v) is 9.40. The summed E-state index contributed by atoms with van der Waals surface area (Å²) in [5, 5.41) is 1.05. The van der Waals surface area contributed by atoms with Crippen molar-refractivity contribution in [3.63, 3.8) is 0 Å². The molecule has 1 aromatic heterocycles. The van der Waals surface area contributed by atoms with E-state index in [1.807, 2.05) is 18.3 Å². The predicted molar refractivity (Wildman–Crippen MR) is 98.6 cm³/mol. The molecule has 0 N–H and O–H groups in total. The molecule has 0 aliphatic carbocycles. The number of rotatable bonds is 5. The summed E-state index contributed by atoms with van der Waals surface area (Å²) in [5.41, 5.74) is 2.42. The van der Waals surface area contributed by atoms with Gasteiger partial charge in [-0.3, -0.25) is 4.90 Å². The molecule has 0 amide bonds. The predicted octanol–water partition coefficient (Wildman–Crippen LogP) is 2.59. The highest BCUT2D eigenvalue weighted by atomic mass is 32.2. The van der Waals surface area contributed by atoms with Crippen LogP contribution in [0.15, 0.2) is 30.5 Å². The van der Waals surface area contributed by atoms with Crippen molar-refractivity contribution in [1.82, 2.24) is 14.2 Å². The summed E-state index contributed by atoms with van der Waals surface area (Å²) in [4.78, 5) is 8.09. The van der Waals surface area contributed by atoms with E-state index in [1.54, 1.807) is 22.6 Å². The van der Waals surface area contributed by atoms with Gasteiger partial charge in [0.1, 0.15) is 5.01 Å². The molecule has 0 saturated carbocycles. The summed E-state index contributed by atoms with van der Waals surface area (Å²) in [6.45, 7) is 7.35. The monoisotopic (exact) mass is 365 g/mol. The highest BCUT2D eigenvalue weighted by Crippen LogP contribution is 2.28. The lowest BCUT2D eigenvalue weighted by molar-refractivity contribution is 0.183. The number of thiazole rings is 1. The standard InChI is InChI=1S/C17H23N3O2S2/c1-3-24(21,22)20-10-8-19(9-11-20)13-15-12-18-17(23-15)16-7-5-4-6-14(16)2/h4-7,12H,3,8-11,13H2,1-2H3. The summed E-state index contributed by atoms with van der Waals surface area (Å²) < 4.78 is 25.4. The van der Waals surface area contributed by atoms with E-state index in [0.29, 0.717) is 13.1 Å². The third-order valence-corrected chi connectivity index (χ3v) is 7.29. The molecule has 1 aromatic carbocycles. The molecule has 0 spiro atoms. The van der Waals surface area contributed by atoms with Crippen LogP contribution in [0.25, 0.3) is 10.6 Å². The molecule has 130 valence electrons. The van der Waals surface area contributed by atoms with Gasteiger partial charge in [0.25, 0.3) is 0 Å². The molecule has 1 fully saturated rings. The molecule has 24 heavy (non-hydrogen) atoms. The Labute approximate surface area is 148 Å². The largest absolute Gasteiger partial charge is 0.296 e. The third-order valence-electron chi connectivity index (χ3n) is 4.40. The number of aryl methyl sites for hydroxylation is 1. The lowest BCUT2D eigenvalue weighted by atomic mass is 10.1. The highest BCUT2D eigenvalue weighted by molar-refractivity contribution is 7.89. The Kier molecular flexibility index (Phi) is 5.34. The number of sulfonamides is 1. The fourth-order valence-electron chi connectivity index (χ4n) is 2.89. The molecule has 0 bridgehead atoms. The second kappa shape index (κ2) is 7.31. The lowest BCUT2D eigenvalue weighted by Gasteiger charge is -2.33. The van der Waals surface area contributed by atoms with Gasteiger partial charge in [0.15, 0.2) is 0 Å². The van der Waals surface area contributed by atoms with Crippen molar-refractivity contribution < 1.29 is 8.42 Å².